The number of aromatic hydroxyl groups is 1. The summed E-state index contributed by atoms with van der Waals surface area (Å²) in [6, 6.07) is 1.85. The minimum atomic E-state index is -2.71. The van der Waals surface area contributed by atoms with Crippen molar-refractivity contribution >= 4 is 34.5 Å². The normalized spacial score (nSPS) is 33.9. The van der Waals surface area contributed by atoms with Crippen molar-refractivity contribution in [1.82, 2.24) is 0 Å². The predicted octanol–water partition coefficient (Wildman–Crippen LogP) is 4.40. The number of fused-ring (bicyclic) bond motifs is 3. The van der Waals surface area contributed by atoms with Gasteiger partial charge in [-0.2, -0.15) is 0 Å². The first-order chi connectivity index (χ1) is 18.7. The van der Waals surface area contributed by atoms with Crippen molar-refractivity contribution in [3.05, 3.63) is 34.6 Å². The number of ether oxygens (including phenoxy) is 1. The van der Waals surface area contributed by atoms with Gasteiger partial charge in [-0.25, -0.2) is 0 Å². The summed E-state index contributed by atoms with van der Waals surface area (Å²) in [5.74, 6) is -8.95. The molecular formula is C33H42O8. The molecule has 8 nitrogen and oxygen atoms in total. The minimum absolute atomic E-state index is 0.00201. The van der Waals surface area contributed by atoms with E-state index in [0.29, 0.717) is 16.7 Å². The summed E-state index contributed by atoms with van der Waals surface area (Å²) in [6.07, 6.45) is 1.75. The highest BCUT2D eigenvalue weighted by Crippen LogP contribution is 2.64. The average Bonchev–Trinajstić information content (AvgIpc) is 2.80. The fraction of sp³-hybridized carbons (Fsp3) is 0.606. The van der Waals surface area contributed by atoms with E-state index in [9.17, 15) is 34.2 Å². The van der Waals surface area contributed by atoms with Crippen molar-refractivity contribution in [2.24, 2.45) is 34.5 Å². The minimum Gasteiger partial charge on any atom is -0.507 e. The van der Waals surface area contributed by atoms with Crippen molar-refractivity contribution in [1.29, 1.82) is 0 Å². The van der Waals surface area contributed by atoms with Gasteiger partial charge in [0.05, 0.1) is 24.9 Å². The van der Waals surface area contributed by atoms with Crippen LogP contribution in [0.5, 0.6) is 5.75 Å². The van der Waals surface area contributed by atoms with E-state index < -0.39 is 74.4 Å². The molecule has 0 radical (unpaired) electrons. The SMILES string of the molecule is COC=C(C)c1cc(C(C)(C)C)c(O)c2c1C[C@]1(C)C[C@]3(C)C(C(C)C)C(=O)C(C(C)=O)C(=O)[C@]3(O)C(=O)C1C2=O. The summed E-state index contributed by atoms with van der Waals surface area (Å²) in [5, 5.41) is 23.7. The maximum absolute atomic E-state index is 14.5. The summed E-state index contributed by atoms with van der Waals surface area (Å²) in [7, 11) is 1.52. The summed E-state index contributed by atoms with van der Waals surface area (Å²) in [5.41, 5.74) is -3.42. The maximum atomic E-state index is 14.5. The monoisotopic (exact) mass is 566 g/mol. The zero-order chi connectivity index (χ0) is 31.2. The lowest BCUT2D eigenvalue weighted by Crippen LogP contribution is -2.76. The second-order valence-electron chi connectivity index (χ2n) is 14.3. The first kappa shape index (κ1) is 30.8. The number of phenols is 1. The van der Waals surface area contributed by atoms with Gasteiger partial charge in [0.2, 0.25) is 0 Å². The number of ketones is 5. The molecule has 0 aromatic heterocycles. The van der Waals surface area contributed by atoms with Gasteiger partial charge in [-0.15, -0.1) is 0 Å². The van der Waals surface area contributed by atoms with E-state index in [1.807, 2.05) is 33.8 Å². The summed E-state index contributed by atoms with van der Waals surface area (Å²) < 4.78 is 5.27. The molecule has 1 aromatic rings. The number of carbonyl (C=O) groups is 5. The fourth-order valence-corrected chi connectivity index (χ4v) is 8.37. The van der Waals surface area contributed by atoms with Crippen LogP contribution in [0.4, 0.5) is 0 Å². The number of hydrogen-bond donors (Lipinski definition) is 2. The molecule has 1 aromatic carbocycles. The van der Waals surface area contributed by atoms with E-state index in [1.54, 1.807) is 34.0 Å². The number of Topliss-reactive ketones (excluding diaryl/α,β-unsaturated/α-hetero) is 5. The van der Waals surface area contributed by atoms with Crippen LogP contribution in [0.3, 0.4) is 0 Å². The second kappa shape index (κ2) is 9.45. The average molecular weight is 567 g/mol. The van der Waals surface area contributed by atoms with Crippen LogP contribution in [0.1, 0.15) is 95.8 Å². The van der Waals surface area contributed by atoms with E-state index in [4.69, 9.17) is 4.74 Å². The van der Waals surface area contributed by atoms with Crippen LogP contribution >= 0.6 is 0 Å². The zero-order valence-corrected chi connectivity index (χ0v) is 25.7. The first-order valence-electron chi connectivity index (χ1n) is 14.2. The van der Waals surface area contributed by atoms with Gasteiger partial charge in [0.1, 0.15) is 17.5 Å². The number of rotatable bonds is 4. The van der Waals surface area contributed by atoms with Crippen LogP contribution in [-0.2, 0) is 35.8 Å². The molecule has 0 heterocycles. The topological polar surface area (TPSA) is 135 Å². The number of carbonyl (C=O) groups excluding carboxylic acids is 5. The molecule has 222 valence electrons. The molecule has 0 saturated heterocycles. The first-order valence-corrected chi connectivity index (χ1v) is 14.2. The molecule has 2 fully saturated rings. The number of hydrogen-bond acceptors (Lipinski definition) is 8. The molecule has 3 unspecified atom stereocenters. The Morgan fingerprint density at radius 3 is 2.17 bits per heavy atom. The molecule has 6 atom stereocenters. The quantitative estimate of drug-likeness (QED) is 0.405. The third kappa shape index (κ3) is 4.00. The molecule has 0 amide bonds. The molecule has 41 heavy (non-hydrogen) atoms. The highest BCUT2D eigenvalue weighted by molar-refractivity contribution is 6.32. The summed E-state index contributed by atoms with van der Waals surface area (Å²) >= 11 is 0. The van der Waals surface area contributed by atoms with Gasteiger partial charge in [-0.3, -0.25) is 24.0 Å². The van der Waals surface area contributed by atoms with Gasteiger partial charge in [0, 0.05) is 16.9 Å². The molecule has 3 aliphatic rings. The Morgan fingerprint density at radius 1 is 1.10 bits per heavy atom. The smallest absolute Gasteiger partial charge is 0.190 e. The molecule has 0 bridgehead atoms. The number of benzene rings is 1. The largest absolute Gasteiger partial charge is 0.507 e. The second-order valence-corrected chi connectivity index (χ2v) is 14.3. The molecular weight excluding hydrogens is 524 g/mol. The van der Waals surface area contributed by atoms with Gasteiger partial charge >= 0.3 is 0 Å². The number of phenolic OH excluding ortho intramolecular Hbond substituents is 1. The summed E-state index contributed by atoms with van der Waals surface area (Å²) in [4.78, 5) is 68.9. The Morgan fingerprint density at radius 2 is 1.68 bits per heavy atom. The zero-order valence-electron chi connectivity index (χ0n) is 25.7. The molecule has 2 saturated carbocycles. The molecule has 3 aliphatic carbocycles. The van der Waals surface area contributed by atoms with Gasteiger partial charge in [0.25, 0.3) is 0 Å². The maximum Gasteiger partial charge on any atom is 0.190 e. The molecule has 0 spiro atoms. The van der Waals surface area contributed by atoms with Gasteiger partial charge in [0.15, 0.2) is 28.7 Å². The lowest BCUT2D eigenvalue weighted by Gasteiger charge is -2.62. The van der Waals surface area contributed by atoms with E-state index in [1.165, 1.54) is 7.11 Å². The van der Waals surface area contributed by atoms with Crippen molar-refractivity contribution in [3.8, 4) is 5.75 Å². The highest BCUT2D eigenvalue weighted by atomic mass is 16.5. The van der Waals surface area contributed by atoms with E-state index in [-0.39, 0.29) is 24.2 Å². The Labute approximate surface area is 241 Å². The van der Waals surface area contributed by atoms with Crippen LogP contribution in [-0.4, -0.2) is 51.8 Å². The Bertz CT molecular complexity index is 1430. The lowest BCUT2D eigenvalue weighted by molar-refractivity contribution is -0.205. The van der Waals surface area contributed by atoms with Crippen molar-refractivity contribution in [2.45, 2.75) is 86.2 Å². The van der Waals surface area contributed by atoms with Crippen molar-refractivity contribution in [2.75, 3.05) is 7.11 Å². The molecule has 4 rings (SSSR count). The third-order valence-corrected chi connectivity index (χ3v) is 9.91. The van der Waals surface area contributed by atoms with E-state index in [2.05, 4.69) is 0 Å². The highest BCUT2D eigenvalue weighted by Gasteiger charge is 2.76. The Hall–Kier alpha value is -3.13. The van der Waals surface area contributed by atoms with Gasteiger partial charge < -0.3 is 14.9 Å². The van der Waals surface area contributed by atoms with E-state index >= 15 is 0 Å². The van der Waals surface area contributed by atoms with E-state index in [0.717, 1.165) is 12.5 Å². The van der Waals surface area contributed by atoms with Crippen LogP contribution in [0.15, 0.2) is 12.3 Å². The van der Waals surface area contributed by atoms with Crippen molar-refractivity contribution in [3.63, 3.8) is 0 Å². The lowest BCUT2D eigenvalue weighted by atomic mass is 9.39. The van der Waals surface area contributed by atoms with Crippen LogP contribution in [0.2, 0.25) is 0 Å². The third-order valence-electron chi connectivity index (χ3n) is 9.91. The molecule has 0 aliphatic heterocycles. The van der Waals surface area contributed by atoms with Crippen molar-refractivity contribution < 1.29 is 38.9 Å². The molecule has 2 N–H and O–H groups in total. The molecule has 8 heteroatoms. The Balaban J connectivity index is 2.05. The number of allylic oxidation sites excluding steroid dienone is 1. The van der Waals surface area contributed by atoms with Crippen LogP contribution in [0.25, 0.3) is 5.57 Å². The number of aliphatic hydroxyl groups is 1. The van der Waals surface area contributed by atoms with Crippen LogP contribution in [0, 0.1) is 34.5 Å². The standard InChI is InChI=1S/C33H42O8/c1-15(2)23-26(36)21(17(4)34)28(38)33(40)29(39)24-27(37)22-19(12-31(24,8)14-32(23,33)9)18(16(3)13-41-10)11-20(25(22)35)30(5,6)7/h11,13,15,21,23-24,35,40H,12,14H2,1-10H3/t21?,23?,24?,31-,32-,33+/m1/s1. The summed E-state index contributed by atoms with van der Waals surface area (Å²) in [6.45, 7) is 15.5. The van der Waals surface area contributed by atoms with Gasteiger partial charge in [-0.1, -0.05) is 48.5 Å². The van der Waals surface area contributed by atoms with Crippen LogP contribution < -0.4 is 0 Å². The van der Waals surface area contributed by atoms with Gasteiger partial charge in [-0.05, 0) is 66.2 Å². The Kier molecular flexibility index (Phi) is 7.10. The predicted molar refractivity (Wildman–Crippen MR) is 152 cm³/mol. The fourth-order valence-electron chi connectivity index (χ4n) is 8.37. The number of methoxy groups -OCH3 is 1.